The molecule has 2 nitrogen and oxygen atoms in total. The Morgan fingerprint density at radius 3 is 2.67 bits per heavy atom. The number of alkyl halides is 3. The minimum Gasteiger partial charge on any atom is -0.311 e. The maximum atomic E-state index is 13.4. The molecule has 1 aromatic heterocycles. The predicted molar refractivity (Wildman–Crippen MR) is 74.5 cm³/mol. The van der Waals surface area contributed by atoms with Crippen LogP contribution in [0.2, 0.25) is 0 Å². The highest BCUT2D eigenvalue weighted by atomic mass is 32.1. The average Bonchev–Trinajstić information content (AvgIpc) is 2.86. The SMILES string of the molecule is CCCNCc1csc(-c2cc(F)cc(C(F)(F)F)c2)n1. The molecule has 2 aromatic rings. The molecule has 0 aliphatic rings. The van der Waals surface area contributed by atoms with Crippen LogP contribution in [0.1, 0.15) is 24.6 Å². The number of benzene rings is 1. The summed E-state index contributed by atoms with van der Waals surface area (Å²) in [6.45, 7) is 3.42. The summed E-state index contributed by atoms with van der Waals surface area (Å²) in [6, 6.07) is 2.48. The van der Waals surface area contributed by atoms with E-state index in [2.05, 4.69) is 10.3 Å². The quantitative estimate of drug-likeness (QED) is 0.650. The first-order chi connectivity index (χ1) is 9.90. The van der Waals surface area contributed by atoms with Crippen LogP contribution < -0.4 is 5.32 Å². The molecule has 0 aliphatic heterocycles. The van der Waals surface area contributed by atoms with Gasteiger partial charge in [0.15, 0.2) is 0 Å². The van der Waals surface area contributed by atoms with Crippen molar-refractivity contribution in [2.45, 2.75) is 26.1 Å². The van der Waals surface area contributed by atoms with Gasteiger partial charge < -0.3 is 5.32 Å². The van der Waals surface area contributed by atoms with Crippen LogP contribution in [0.4, 0.5) is 17.6 Å². The van der Waals surface area contributed by atoms with Crippen molar-refractivity contribution >= 4 is 11.3 Å². The standard InChI is InChI=1S/C14H14F4N2S/c1-2-3-19-7-12-8-21-13(20-12)9-4-10(14(16,17)18)6-11(15)5-9/h4-6,8,19H,2-3,7H2,1H3. The van der Waals surface area contributed by atoms with Crippen molar-refractivity contribution in [1.82, 2.24) is 10.3 Å². The summed E-state index contributed by atoms with van der Waals surface area (Å²) >= 11 is 1.20. The molecule has 0 aliphatic carbocycles. The maximum absolute atomic E-state index is 13.4. The first-order valence-corrected chi connectivity index (χ1v) is 7.31. The molecule has 1 aromatic carbocycles. The molecule has 0 saturated heterocycles. The molecule has 1 heterocycles. The van der Waals surface area contributed by atoms with Crippen LogP contribution in [0.3, 0.4) is 0 Å². The van der Waals surface area contributed by atoms with E-state index in [4.69, 9.17) is 0 Å². The second-order valence-electron chi connectivity index (χ2n) is 4.55. The van der Waals surface area contributed by atoms with E-state index >= 15 is 0 Å². The fourth-order valence-electron chi connectivity index (χ4n) is 1.79. The van der Waals surface area contributed by atoms with Gasteiger partial charge in [0, 0.05) is 17.5 Å². The van der Waals surface area contributed by atoms with Crippen LogP contribution >= 0.6 is 11.3 Å². The van der Waals surface area contributed by atoms with Gasteiger partial charge in [-0.1, -0.05) is 6.92 Å². The Labute approximate surface area is 123 Å². The van der Waals surface area contributed by atoms with Crippen molar-refractivity contribution in [1.29, 1.82) is 0 Å². The highest BCUT2D eigenvalue weighted by molar-refractivity contribution is 7.13. The number of hydrogen-bond acceptors (Lipinski definition) is 3. The third-order valence-corrected chi connectivity index (χ3v) is 3.70. The third kappa shape index (κ3) is 4.25. The second kappa shape index (κ2) is 6.53. The predicted octanol–water partition coefficient (Wildman–Crippen LogP) is 4.47. The van der Waals surface area contributed by atoms with Gasteiger partial charge in [0.1, 0.15) is 10.8 Å². The Balaban J connectivity index is 2.24. The van der Waals surface area contributed by atoms with Gasteiger partial charge in [-0.2, -0.15) is 13.2 Å². The minimum absolute atomic E-state index is 0.147. The van der Waals surface area contributed by atoms with Gasteiger partial charge in [-0.25, -0.2) is 9.37 Å². The number of aromatic nitrogens is 1. The van der Waals surface area contributed by atoms with Crippen LogP contribution in [0.25, 0.3) is 10.6 Å². The minimum atomic E-state index is -4.57. The van der Waals surface area contributed by atoms with Gasteiger partial charge in [-0.15, -0.1) is 11.3 Å². The molecule has 0 spiro atoms. The molecule has 21 heavy (non-hydrogen) atoms. The van der Waals surface area contributed by atoms with Crippen molar-refractivity contribution in [3.8, 4) is 10.6 Å². The molecule has 0 unspecified atom stereocenters. The van der Waals surface area contributed by atoms with Crippen molar-refractivity contribution < 1.29 is 17.6 Å². The summed E-state index contributed by atoms with van der Waals surface area (Å²) in [7, 11) is 0. The smallest absolute Gasteiger partial charge is 0.311 e. The van der Waals surface area contributed by atoms with Crippen molar-refractivity contribution in [3.05, 3.63) is 40.7 Å². The number of nitrogens with zero attached hydrogens (tertiary/aromatic N) is 1. The number of nitrogens with one attached hydrogen (secondary N) is 1. The van der Waals surface area contributed by atoms with Crippen LogP contribution in [-0.4, -0.2) is 11.5 Å². The molecular formula is C14H14F4N2S. The highest BCUT2D eigenvalue weighted by Crippen LogP contribution is 2.34. The first-order valence-electron chi connectivity index (χ1n) is 6.43. The summed E-state index contributed by atoms with van der Waals surface area (Å²) in [5.74, 6) is -0.916. The van der Waals surface area contributed by atoms with Crippen LogP contribution in [0.5, 0.6) is 0 Å². The lowest BCUT2D eigenvalue weighted by molar-refractivity contribution is -0.137. The molecule has 0 bridgehead atoms. The van der Waals surface area contributed by atoms with Crippen LogP contribution in [0.15, 0.2) is 23.6 Å². The summed E-state index contributed by atoms with van der Waals surface area (Å²) in [5, 5.41) is 5.30. The van der Waals surface area contributed by atoms with Crippen LogP contribution in [0, 0.1) is 5.82 Å². The van der Waals surface area contributed by atoms with Gasteiger partial charge in [-0.3, -0.25) is 0 Å². The van der Waals surface area contributed by atoms with Gasteiger partial charge in [0.25, 0.3) is 0 Å². The van der Waals surface area contributed by atoms with E-state index in [1.807, 2.05) is 6.92 Å². The Bertz CT molecular complexity index is 607. The number of thiazole rings is 1. The lowest BCUT2D eigenvalue weighted by Gasteiger charge is -2.08. The molecular weight excluding hydrogens is 304 g/mol. The van der Waals surface area contributed by atoms with Crippen LogP contribution in [-0.2, 0) is 12.7 Å². The fraction of sp³-hybridized carbons (Fsp3) is 0.357. The molecule has 114 valence electrons. The topological polar surface area (TPSA) is 24.9 Å². The number of rotatable bonds is 5. The van der Waals surface area contributed by atoms with E-state index in [1.165, 1.54) is 11.3 Å². The first kappa shape index (κ1) is 15.9. The molecule has 0 radical (unpaired) electrons. The van der Waals surface area contributed by atoms with E-state index in [9.17, 15) is 17.6 Å². The van der Waals surface area contributed by atoms with Crippen molar-refractivity contribution in [2.75, 3.05) is 6.54 Å². The number of hydrogen-bond donors (Lipinski definition) is 1. The normalized spacial score (nSPS) is 11.9. The zero-order valence-electron chi connectivity index (χ0n) is 11.3. The van der Waals surface area contributed by atoms with E-state index in [1.54, 1.807) is 5.38 Å². The monoisotopic (exact) mass is 318 g/mol. The molecule has 0 fully saturated rings. The van der Waals surface area contributed by atoms with E-state index in [-0.39, 0.29) is 5.56 Å². The lowest BCUT2D eigenvalue weighted by atomic mass is 10.1. The fourth-order valence-corrected chi connectivity index (χ4v) is 2.60. The summed E-state index contributed by atoms with van der Waals surface area (Å²) in [5.41, 5.74) is -0.117. The molecule has 0 atom stereocenters. The molecule has 2 rings (SSSR count). The summed E-state index contributed by atoms with van der Waals surface area (Å²) in [4.78, 5) is 4.24. The van der Waals surface area contributed by atoms with E-state index < -0.39 is 17.6 Å². The Morgan fingerprint density at radius 2 is 2.00 bits per heavy atom. The van der Waals surface area contributed by atoms with Gasteiger partial charge in [-0.05, 0) is 31.2 Å². The van der Waals surface area contributed by atoms with E-state index in [0.717, 1.165) is 30.8 Å². The number of halogens is 4. The highest BCUT2D eigenvalue weighted by Gasteiger charge is 2.31. The Morgan fingerprint density at radius 1 is 1.24 bits per heavy atom. The lowest BCUT2D eigenvalue weighted by Crippen LogP contribution is -2.13. The molecule has 0 saturated carbocycles. The third-order valence-electron chi connectivity index (χ3n) is 2.76. The van der Waals surface area contributed by atoms with E-state index in [0.29, 0.717) is 17.6 Å². The van der Waals surface area contributed by atoms with Gasteiger partial charge in [0.2, 0.25) is 0 Å². The Hall–Kier alpha value is -1.47. The van der Waals surface area contributed by atoms with Gasteiger partial charge >= 0.3 is 6.18 Å². The molecule has 7 heteroatoms. The zero-order valence-corrected chi connectivity index (χ0v) is 12.1. The second-order valence-corrected chi connectivity index (χ2v) is 5.41. The van der Waals surface area contributed by atoms with Gasteiger partial charge in [0.05, 0.1) is 11.3 Å². The summed E-state index contributed by atoms with van der Waals surface area (Å²) in [6.07, 6.45) is -3.59. The van der Waals surface area contributed by atoms with Crippen molar-refractivity contribution in [3.63, 3.8) is 0 Å². The summed E-state index contributed by atoms with van der Waals surface area (Å²) < 4.78 is 51.4. The average molecular weight is 318 g/mol. The molecule has 1 N–H and O–H groups in total. The van der Waals surface area contributed by atoms with Crippen molar-refractivity contribution in [2.24, 2.45) is 0 Å². The molecule has 0 amide bonds. The Kier molecular flexibility index (Phi) is 4.95. The maximum Gasteiger partial charge on any atom is 0.416 e. The largest absolute Gasteiger partial charge is 0.416 e. The zero-order chi connectivity index (χ0) is 15.5.